The number of rotatable bonds is 0. The van der Waals surface area contributed by atoms with E-state index in [-0.39, 0.29) is 12.5 Å². The van der Waals surface area contributed by atoms with Gasteiger partial charge >= 0.3 is 0 Å². The molecule has 1 aliphatic rings. The fourth-order valence-corrected chi connectivity index (χ4v) is 1.26. The fourth-order valence-electron chi connectivity index (χ4n) is 1.26. The second-order valence-corrected chi connectivity index (χ2v) is 2.84. The number of amides is 1. The van der Waals surface area contributed by atoms with Crippen molar-refractivity contribution >= 4 is 17.8 Å². The van der Waals surface area contributed by atoms with E-state index >= 15 is 0 Å². The van der Waals surface area contributed by atoms with Crippen LogP contribution in [0.3, 0.4) is 0 Å². The van der Waals surface area contributed by atoms with E-state index in [1.54, 1.807) is 12.1 Å². The molecule has 1 N–H and O–H groups in total. The van der Waals surface area contributed by atoms with E-state index in [0.29, 0.717) is 10.4 Å². The first kappa shape index (κ1) is 7.79. The van der Waals surface area contributed by atoms with Crippen LogP contribution in [0.25, 0.3) is 0 Å². The van der Waals surface area contributed by atoms with Crippen molar-refractivity contribution in [2.24, 2.45) is 0 Å². The Hall–Kier alpha value is -1.84. The molecule has 1 amide bonds. The van der Waals surface area contributed by atoms with Crippen molar-refractivity contribution < 1.29 is 9.53 Å². The third kappa shape index (κ3) is 1.51. The van der Waals surface area contributed by atoms with Gasteiger partial charge in [0.1, 0.15) is 0 Å². The van der Waals surface area contributed by atoms with Gasteiger partial charge in [0.05, 0.1) is 11.3 Å². The summed E-state index contributed by atoms with van der Waals surface area (Å²) >= 11 is 0. The van der Waals surface area contributed by atoms with Gasteiger partial charge in [-0.3, -0.25) is 4.79 Å². The summed E-state index contributed by atoms with van der Waals surface area (Å²) in [6.45, 7) is -0.144. The maximum Gasteiger partial charge on any atom is 0.291 e. The van der Waals surface area contributed by atoms with Crippen molar-refractivity contribution in [2.45, 2.75) is 0 Å². The van der Waals surface area contributed by atoms with Gasteiger partial charge in [0.25, 0.3) is 5.91 Å². The number of hydroxylamine groups is 1. The molecule has 1 aliphatic heterocycles. The van der Waals surface area contributed by atoms with Gasteiger partial charge in [-0.25, -0.2) is 4.74 Å². The molecule has 0 saturated heterocycles. The molecular weight excluding hydrogens is 168 g/mol. The summed E-state index contributed by atoms with van der Waals surface area (Å²) in [6.07, 6.45) is 1.41. The second-order valence-electron chi connectivity index (χ2n) is 2.84. The molecule has 0 spiro atoms. The predicted octanol–water partition coefficient (Wildman–Crippen LogP) is 0.568. The van der Waals surface area contributed by atoms with Gasteiger partial charge in [-0.2, -0.15) is 0 Å². The summed E-state index contributed by atoms with van der Waals surface area (Å²) in [5.41, 5.74) is 1.43. The van der Waals surface area contributed by atoms with Crippen molar-refractivity contribution in [3.8, 4) is 0 Å². The molecule has 0 fully saturated rings. The van der Waals surface area contributed by atoms with Crippen LogP contribution in [0.2, 0.25) is 0 Å². The van der Waals surface area contributed by atoms with Gasteiger partial charge in [0.2, 0.25) is 6.54 Å². The molecule has 0 atom stereocenters. The third-order valence-corrected chi connectivity index (χ3v) is 1.82. The lowest BCUT2D eigenvalue weighted by atomic mass is 10.2. The van der Waals surface area contributed by atoms with Gasteiger partial charge in [-0.15, -0.1) is 0 Å². The minimum absolute atomic E-state index is 0.144. The van der Waals surface area contributed by atoms with E-state index in [2.05, 4.69) is 5.32 Å². The van der Waals surface area contributed by atoms with Gasteiger partial charge in [0.15, 0.2) is 6.21 Å². The highest BCUT2D eigenvalue weighted by molar-refractivity contribution is 5.99. The van der Waals surface area contributed by atoms with Crippen molar-refractivity contribution in [3.05, 3.63) is 35.0 Å². The Balaban J connectivity index is 2.51. The zero-order valence-corrected chi connectivity index (χ0v) is 6.86. The van der Waals surface area contributed by atoms with Crippen LogP contribution in [0.15, 0.2) is 24.3 Å². The monoisotopic (exact) mass is 176 g/mol. The van der Waals surface area contributed by atoms with Crippen LogP contribution in [-0.4, -0.2) is 23.4 Å². The first-order valence-electron chi connectivity index (χ1n) is 3.93. The van der Waals surface area contributed by atoms with Crippen LogP contribution in [0, 0.1) is 5.21 Å². The third-order valence-electron chi connectivity index (χ3n) is 1.82. The van der Waals surface area contributed by atoms with Crippen LogP contribution in [0.1, 0.15) is 5.56 Å². The van der Waals surface area contributed by atoms with Gasteiger partial charge in [-0.05, 0) is 12.1 Å². The zero-order chi connectivity index (χ0) is 9.26. The SMILES string of the molecule is O=C1C[N+]([O-])=Cc2ccccc2N1. The van der Waals surface area contributed by atoms with Crippen molar-refractivity contribution in [1.29, 1.82) is 0 Å². The Kier molecular flexibility index (Phi) is 1.73. The smallest absolute Gasteiger partial charge is 0.291 e. The molecule has 0 saturated carbocycles. The summed E-state index contributed by atoms with van der Waals surface area (Å²) in [5.74, 6) is -0.281. The van der Waals surface area contributed by atoms with E-state index < -0.39 is 0 Å². The number of fused-ring (bicyclic) bond motifs is 1. The molecule has 66 valence electrons. The van der Waals surface area contributed by atoms with Gasteiger partial charge < -0.3 is 10.5 Å². The Morgan fingerprint density at radius 1 is 1.38 bits per heavy atom. The maximum atomic E-state index is 11.1. The highest BCUT2D eigenvalue weighted by atomic mass is 16.5. The average Bonchev–Trinajstić information content (AvgIpc) is 2.20. The highest BCUT2D eigenvalue weighted by Gasteiger charge is 2.14. The molecule has 1 aromatic rings. The van der Waals surface area contributed by atoms with Crippen molar-refractivity contribution in [2.75, 3.05) is 11.9 Å². The molecule has 0 bridgehead atoms. The number of hydrogen-bond donors (Lipinski definition) is 1. The number of benzodiazepines with no additional fused rings is 1. The summed E-state index contributed by atoms with van der Waals surface area (Å²) in [5, 5.41) is 13.7. The van der Waals surface area contributed by atoms with E-state index in [1.165, 1.54) is 6.21 Å². The molecule has 0 aliphatic carbocycles. The lowest BCUT2D eigenvalue weighted by molar-refractivity contribution is -0.438. The maximum absolute atomic E-state index is 11.1. The van der Waals surface area contributed by atoms with E-state index in [9.17, 15) is 10.0 Å². The minimum atomic E-state index is -0.281. The molecule has 4 heteroatoms. The van der Waals surface area contributed by atoms with Crippen LogP contribution >= 0.6 is 0 Å². The molecule has 0 aromatic heterocycles. The lowest BCUT2D eigenvalue weighted by Gasteiger charge is -2.00. The number of nitrogens with one attached hydrogen (secondary N) is 1. The number of carbonyl (C=O) groups is 1. The lowest BCUT2D eigenvalue weighted by Crippen LogP contribution is -2.20. The minimum Gasteiger partial charge on any atom is -0.623 e. The molecule has 1 heterocycles. The number of hydrogen-bond acceptors (Lipinski definition) is 2. The number of nitrogens with zero attached hydrogens (tertiary/aromatic N) is 1. The fraction of sp³-hybridized carbons (Fsp3) is 0.111. The first-order chi connectivity index (χ1) is 6.25. The largest absolute Gasteiger partial charge is 0.623 e. The van der Waals surface area contributed by atoms with E-state index in [0.717, 1.165) is 5.56 Å². The van der Waals surface area contributed by atoms with E-state index in [4.69, 9.17) is 0 Å². The topological polar surface area (TPSA) is 55.2 Å². The Morgan fingerprint density at radius 3 is 3.00 bits per heavy atom. The van der Waals surface area contributed by atoms with Crippen LogP contribution in [0.5, 0.6) is 0 Å². The summed E-state index contributed by atoms with van der Waals surface area (Å²) in [6, 6.07) is 7.18. The number of benzene rings is 1. The molecule has 2 rings (SSSR count). The zero-order valence-electron chi connectivity index (χ0n) is 6.86. The molecule has 1 aromatic carbocycles. The quantitative estimate of drug-likeness (QED) is 0.464. The molecule has 0 unspecified atom stereocenters. The van der Waals surface area contributed by atoms with Crippen molar-refractivity contribution in [3.63, 3.8) is 0 Å². The number of carbonyl (C=O) groups excluding carboxylic acids is 1. The number of para-hydroxylation sites is 1. The number of anilines is 1. The Labute approximate surface area is 75.1 Å². The van der Waals surface area contributed by atoms with E-state index in [1.807, 2.05) is 12.1 Å². The first-order valence-corrected chi connectivity index (χ1v) is 3.93. The Bertz CT molecular complexity index is 385. The van der Waals surface area contributed by atoms with Crippen LogP contribution in [0.4, 0.5) is 5.69 Å². The van der Waals surface area contributed by atoms with Gasteiger partial charge in [0, 0.05) is 0 Å². The molecule has 4 nitrogen and oxygen atoms in total. The van der Waals surface area contributed by atoms with Crippen LogP contribution < -0.4 is 5.32 Å². The molecule has 13 heavy (non-hydrogen) atoms. The molecule has 0 radical (unpaired) electrons. The normalized spacial score (nSPS) is 15.4. The Morgan fingerprint density at radius 2 is 2.15 bits per heavy atom. The molecular formula is C9H8N2O2. The summed E-state index contributed by atoms with van der Waals surface area (Å²) < 4.78 is 0.626. The second kappa shape index (κ2) is 2.90. The standard InChI is InChI=1S/C9H8N2O2/c12-9-6-11(13)5-7-3-1-2-4-8(7)10-9/h1-5H,6H2,(H,10,12). The van der Waals surface area contributed by atoms with Crippen molar-refractivity contribution in [1.82, 2.24) is 0 Å². The predicted molar refractivity (Wildman–Crippen MR) is 48.7 cm³/mol. The van der Waals surface area contributed by atoms with Crippen LogP contribution in [-0.2, 0) is 4.79 Å². The summed E-state index contributed by atoms with van der Waals surface area (Å²) in [4.78, 5) is 11.1. The summed E-state index contributed by atoms with van der Waals surface area (Å²) in [7, 11) is 0. The van der Waals surface area contributed by atoms with Gasteiger partial charge in [-0.1, -0.05) is 12.1 Å². The highest BCUT2D eigenvalue weighted by Crippen LogP contribution is 2.13. The average molecular weight is 176 g/mol.